The molecule has 0 unspecified atom stereocenters. The fourth-order valence-corrected chi connectivity index (χ4v) is 3.81. The topological polar surface area (TPSA) is 113 Å². The number of aliphatic hydroxyl groups is 1. The van der Waals surface area contributed by atoms with Crippen LogP contribution in [0.4, 0.5) is 11.4 Å². The molecule has 0 spiro atoms. The van der Waals surface area contributed by atoms with Crippen molar-refractivity contribution in [2.45, 2.75) is 18.9 Å². The number of halogens is 1. The predicted molar refractivity (Wildman–Crippen MR) is 105 cm³/mol. The number of ketones is 1. The number of nitrogens with one attached hydrogen (secondary N) is 2. The minimum absolute atomic E-state index is 0.0641. The van der Waals surface area contributed by atoms with Gasteiger partial charge in [-0.2, -0.15) is 0 Å². The van der Waals surface area contributed by atoms with E-state index in [-0.39, 0.29) is 11.3 Å². The first-order valence-electron chi connectivity index (χ1n) is 8.12. The van der Waals surface area contributed by atoms with Crippen LogP contribution in [0, 0.1) is 0 Å². The number of sulfonamides is 1. The summed E-state index contributed by atoms with van der Waals surface area (Å²) in [7, 11) is -3.41. The van der Waals surface area contributed by atoms with Gasteiger partial charge in [0.1, 0.15) is 0 Å². The Morgan fingerprint density at radius 2 is 1.89 bits per heavy atom. The molecular formula is C18H17BrN2O5S. The molecule has 3 N–H and O–H groups in total. The van der Waals surface area contributed by atoms with Crippen LogP contribution >= 0.6 is 15.9 Å². The van der Waals surface area contributed by atoms with Gasteiger partial charge in [-0.3, -0.25) is 14.3 Å². The molecule has 2 aromatic rings. The fourth-order valence-electron chi connectivity index (χ4n) is 2.81. The number of carbonyl (C=O) groups is 2. The van der Waals surface area contributed by atoms with Gasteiger partial charge in [-0.05, 0) is 43.3 Å². The molecule has 7 nitrogen and oxygen atoms in total. The molecule has 27 heavy (non-hydrogen) atoms. The van der Waals surface area contributed by atoms with Crippen LogP contribution in [-0.4, -0.2) is 31.0 Å². The molecule has 9 heteroatoms. The van der Waals surface area contributed by atoms with Gasteiger partial charge < -0.3 is 10.4 Å². The SMILES string of the molecule is CCS(=O)(=O)Nc1ccc(C(=O)C[C@@]2(O)C(=O)Nc3cc(Br)ccc32)cc1. The van der Waals surface area contributed by atoms with Crippen molar-refractivity contribution in [3.63, 3.8) is 0 Å². The maximum Gasteiger partial charge on any atom is 0.261 e. The Kier molecular flexibility index (Phi) is 5.11. The van der Waals surface area contributed by atoms with Crippen LogP contribution in [0.3, 0.4) is 0 Å². The van der Waals surface area contributed by atoms with Crippen LogP contribution in [0.2, 0.25) is 0 Å². The lowest BCUT2D eigenvalue weighted by atomic mass is 9.88. The van der Waals surface area contributed by atoms with Crippen LogP contribution in [0.15, 0.2) is 46.9 Å². The maximum atomic E-state index is 12.6. The van der Waals surface area contributed by atoms with Crippen molar-refractivity contribution in [2.75, 3.05) is 15.8 Å². The van der Waals surface area contributed by atoms with Gasteiger partial charge in [0.2, 0.25) is 10.0 Å². The van der Waals surface area contributed by atoms with E-state index in [1.54, 1.807) is 18.2 Å². The smallest absolute Gasteiger partial charge is 0.261 e. The highest BCUT2D eigenvalue weighted by atomic mass is 79.9. The highest BCUT2D eigenvalue weighted by Crippen LogP contribution is 2.40. The molecule has 0 aliphatic carbocycles. The van der Waals surface area contributed by atoms with E-state index in [0.717, 1.165) is 4.47 Å². The average molecular weight is 453 g/mol. The minimum atomic E-state index is -3.41. The first-order chi connectivity index (χ1) is 12.6. The largest absolute Gasteiger partial charge is 0.375 e. The zero-order valence-electron chi connectivity index (χ0n) is 14.3. The normalized spacial score (nSPS) is 18.7. The third-order valence-electron chi connectivity index (χ3n) is 4.33. The molecule has 1 atom stereocenters. The number of carbonyl (C=O) groups excluding carboxylic acids is 2. The van der Waals surface area contributed by atoms with Crippen molar-refractivity contribution in [1.82, 2.24) is 0 Å². The van der Waals surface area contributed by atoms with Crippen LogP contribution in [0.1, 0.15) is 29.3 Å². The standard InChI is InChI=1S/C18H17BrN2O5S/c1-2-27(25,26)21-13-6-3-11(4-7-13)16(22)10-18(24)14-8-5-12(19)9-15(14)20-17(18)23/h3-9,21,24H,2,10H2,1H3,(H,20,23)/t18-/m0/s1. The molecule has 0 bridgehead atoms. The van der Waals surface area contributed by atoms with Crippen molar-refractivity contribution >= 4 is 49.0 Å². The van der Waals surface area contributed by atoms with Crippen molar-refractivity contribution in [3.8, 4) is 0 Å². The van der Waals surface area contributed by atoms with Gasteiger partial charge in [-0.25, -0.2) is 8.42 Å². The van der Waals surface area contributed by atoms with Crippen molar-refractivity contribution in [3.05, 3.63) is 58.1 Å². The molecule has 3 rings (SSSR count). The number of rotatable bonds is 6. The summed E-state index contributed by atoms with van der Waals surface area (Å²) in [5.74, 6) is -1.16. The van der Waals surface area contributed by atoms with Crippen LogP contribution in [0.25, 0.3) is 0 Å². The van der Waals surface area contributed by atoms with E-state index in [9.17, 15) is 23.1 Å². The Morgan fingerprint density at radius 1 is 1.22 bits per heavy atom. The van der Waals surface area contributed by atoms with Crippen molar-refractivity contribution in [1.29, 1.82) is 0 Å². The van der Waals surface area contributed by atoms with E-state index in [2.05, 4.69) is 26.0 Å². The van der Waals surface area contributed by atoms with Crippen LogP contribution < -0.4 is 10.0 Å². The van der Waals surface area contributed by atoms with Gasteiger partial charge in [-0.15, -0.1) is 0 Å². The molecule has 1 heterocycles. The van der Waals surface area contributed by atoms with Gasteiger partial charge in [0, 0.05) is 27.0 Å². The first kappa shape index (κ1) is 19.5. The summed E-state index contributed by atoms with van der Waals surface area (Å²) < 4.78 is 26.3. The summed E-state index contributed by atoms with van der Waals surface area (Å²) in [5, 5.41) is 13.4. The maximum absolute atomic E-state index is 12.6. The Balaban J connectivity index is 1.81. The third-order valence-corrected chi connectivity index (χ3v) is 6.13. The lowest BCUT2D eigenvalue weighted by molar-refractivity contribution is -0.133. The lowest BCUT2D eigenvalue weighted by Gasteiger charge is -2.20. The molecule has 1 amide bonds. The average Bonchev–Trinajstić information content (AvgIpc) is 2.85. The zero-order valence-corrected chi connectivity index (χ0v) is 16.7. The highest BCUT2D eigenvalue weighted by Gasteiger charge is 2.46. The molecular weight excluding hydrogens is 436 g/mol. The Morgan fingerprint density at radius 3 is 2.52 bits per heavy atom. The summed E-state index contributed by atoms with van der Waals surface area (Å²) in [6, 6.07) is 10.8. The van der Waals surface area contributed by atoms with Gasteiger partial charge in [-0.1, -0.05) is 22.0 Å². The molecule has 2 aromatic carbocycles. The number of benzene rings is 2. The van der Waals surface area contributed by atoms with Crippen molar-refractivity contribution < 1.29 is 23.1 Å². The summed E-state index contributed by atoms with van der Waals surface area (Å²) in [6.07, 6.45) is -0.423. The van der Waals surface area contributed by atoms with E-state index in [1.807, 2.05) is 0 Å². The monoisotopic (exact) mass is 452 g/mol. The molecule has 0 radical (unpaired) electrons. The minimum Gasteiger partial charge on any atom is -0.375 e. The predicted octanol–water partition coefficient (Wildman–Crippen LogP) is 2.62. The number of Topliss-reactive ketones (excluding diaryl/α,β-unsaturated/α-hetero) is 1. The second-order valence-electron chi connectivity index (χ2n) is 6.19. The Labute approximate surface area is 165 Å². The number of amides is 1. The van der Waals surface area contributed by atoms with E-state index in [4.69, 9.17) is 0 Å². The molecule has 1 aliphatic rings. The number of fused-ring (bicyclic) bond motifs is 1. The zero-order chi connectivity index (χ0) is 19.8. The number of anilines is 2. The number of hydrogen-bond donors (Lipinski definition) is 3. The summed E-state index contributed by atoms with van der Waals surface area (Å²) >= 11 is 3.29. The number of hydrogen-bond acceptors (Lipinski definition) is 5. The van der Waals surface area contributed by atoms with Gasteiger partial charge >= 0.3 is 0 Å². The molecule has 0 aromatic heterocycles. The third kappa shape index (κ3) is 3.90. The van der Waals surface area contributed by atoms with E-state index >= 15 is 0 Å². The van der Waals surface area contributed by atoms with Gasteiger partial charge in [0.15, 0.2) is 11.4 Å². The molecule has 0 saturated heterocycles. The van der Waals surface area contributed by atoms with Gasteiger partial charge in [0.25, 0.3) is 5.91 Å². The first-order valence-corrected chi connectivity index (χ1v) is 10.6. The molecule has 1 aliphatic heterocycles. The second-order valence-corrected chi connectivity index (χ2v) is 9.11. The summed E-state index contributed by atoms with van der Waals surface area (Å²) in [5.41, 5.74) is -0.553. The van der Waals surface area contributed by atoms with Crippen LogP contribution in [0.5, 0.6) is 0 Å². The summed E-state index contributed by atoms with van der Waals surface area (Å²) in [4.78, 5) is 24.9. The molecule has 142 valence electrons. The fraction of sp³-hybridized carbons (Fsp3) is 0.222. The highest BCUT2D eigenvalue weighted by molar-refractivity contribution is 9.10. The van der Waals surface area contributed by atoms with Gasteiger partial charge in [0.05, 0.1) is 12.2 Å². The lowest BCUT2D eigenvalue weighted by Crippen LogP contribution is -2.36. The Bertz CT molecular complexity index is 1020. The van der Waals surface area contributed by atoms with E-state index in [1.165, 1.54) is 31.2 Å². The molecule has 0 fully saturated rings. The van der Waals surface area contributed by atoms with E-state index in [0.29, 0.717) is 16.9 Å². The van der Waals surface area contributed by atoms with E-state index < -0.39 is 33.7 Å². The Hall–Kier alpha value is -2.23. The summed E-state index contributed by atoms with van der Waals surface area (Å²) in [6.45, 7) is 1.52. The quantitative estimate of drug-likeness (QED) is 0.583. The second kappa shape index (κ2) is 7.06. The molecule has 0 saturated carbocycles. The van der Waals surface area contributed by atoms with Crippen LogP contribution in [-0.2, 0) is 20.4 Å². The van der Waals surface area contributed by atoms with Crippen molar-refractivity contribution in [2.24, 2.45) is 0 Å².